The van der Waals surface area contributed by atoms with Crippen LogP contribution >= 0.6 is 0 Å². The molecule has 0 N–H and O–H groups in total. The molecular formula is C17H29NO3. The number of ether oxygens (including phenoxy) is 2. The lowest BCUT2D eigenvalue weighted by Gasteiger charge is -2.34. The predicted octanol–water partition coefficient (Wildman–Crippen LogP) is 2.75. The molecule has 0 bridgehead atoms. The third-order valence-corrected chi connectivity index (χ3v) is 5.68. The van der Waals surface area contributed by atoms with Gasteiger partial charge in [0.2, 0.25) is 0 Å². The van der Waals surface area contributed by atoms with Crippen molar-refractivity contribution in [3.63, 3.8) is 0 Å². The van der Waals surface area contributed by atoms with Crippen LogP contribution in [0.5, 0.6) is 0 Å². The monoisotopic (exact) mass is 295 g/mol. The summed E-state index contributed by atoms with van der Waals surface area (Å²) >= 11 is 0. The molecule has 4 atom stereocenters. The highest BCUT2D eigenvalue weighted by atomic mass is 16.5. The van der Waals surface area contributed by atoms with Gasteiger partial charge in [0.15, 0.2) is 0 Å². The number of rotatable bonds is 4. The first-order chi connectivity index (χ1) is 10.3. The Bertz CT molecular complexity index is 354. The Morgan fingerprint density at radius 1 is 1.19 bits per heavy atom. The van der Waals surface area contributed by atoms with Crippen LogP contribution in [0.2, 0.25) is 0 Å². The minimum atomic E-state index is -0.0334. The Morgan fingerprint density at radius 3 is 2.76 bits per heavy atom. The smallest absolute Gasteiger partial charge is 0.323 e. The first-order valence-corrected chi connectivity index (χ1v) is 8.74. The summed E-state index contributed by atoms with van der Waals surface area (Å²) < 4.78 is 10.9. The lowest BCUT2D eigenvalue weighted by atomic mass is 9.84. The molecule has 0 aromatic carbocycles. The van der Waals surface area contributed by atoms with Crippen LogP contribution in [-0.2, 0) is 14.3 Å². The summed E-state index contributed by atoms with van der Waals surface area (Å²) in [6.45, 7) is 1.91. The van der Waals surface area contributed by atoms with Crippen molar-refractivity contribution in [3.8, 4) is 0 Å². The van der Waals surface area contributed by atoms with Gasteiger partial charge in [-0.05, 0) is 50.9 Å². The largest absolute Gasteiger partial charge is 0.468 e. The van der Waals surface area contributed by atoms with Crippen LogP contribution in [0.1, 0.15) is 57.8 Å². The van der Waals surface area contributed by atoms with Gasteiger partial charge in [-0.2, -0.15) is 0 Å². The summed E-state index contributed by atoms with van der Waals surface area (Å²) in [6, 6.07) is 0.595. The minimum absolute atomic E-state index is 0.00769. The Balaban J connectivity index is 1.61. The van der Waals surface area contributed by atoms with Crippen LogP contribution in [0, 0.1) is 5.92 Å². The maximum absolute atomic E-state index is 12.1. The van der Waals surface area contributed by atoms with Gasteiger partial charge in [-0.1, -0.05) is 12.8 Å². The van der Waals surface area contributed by atoms with E-state index >= 15 is 0 Å². The van der Waals surface area contributed by atoms with E-state index in [2.05, 4.69) is 4.90 Å². The molecular weight excluding hydrogens is 266 g/mol. The summed E-state index contributed by atoms with van der Waals surface area (Å²) in [4.78, 5) is 14.6. The maximum Gasteiger partial charge on any atom is 0.323 e. The van der Waals surface area contributed by atoms with E-state index in [4.69, 9.17) is 9.47 Å². The van der Waals surface area contributed by atoms with E-state index in [9.17, 15) is 4.79 Å². The zero-order valence-electron chi connectivity index (χ0n) is 13.3. The van der Waals surface area contributed by atoms with Gasteiger partial charge in [0.1, 0.15) is 6.04 Å². The van der Waals surface area contributed by atoms with Gasteiger partial charge in [-0.3, -0.25) is 9.69 Å². The lowest BCUT2D eigenvalue weighted by Crippen LogP contribution is -2.44. The first-order valence-electron chi connectivity index (χ1n) is 8.74. The molecule has 21 heavy (non-hydrogen) atoms. The van der Waals surface area contributed by atoms with Gasteiger partial charge in [0.25, 0.3) is 0 Å². The van der Waals surface area contributed by atoms with Crippen molar-refractivity contribution in [2.75, 3.05) is 20.3 Å². The molecule has 0 spiro atoms. The van der Waals surface area contributed by atoms with Crippen LogP contribution in [0.4, 0.5) is 0 Å². The van der Waals surface area contributed by atoms with Crippen molar-refractivity contribution in [3.05, 3.63) is 0 Å². The van der Waals surface area contributed by atoms with Gasteiger partial charge in [-0.25, -0.2) is 0 Å². The van der Waals surface area contributed by atoms with Crippen molar-refractivity contribution < 1.29 is 14.3 Å². The van der Waals surface area contributed by atoms with Crippen molar-refractivity contribution in [1.29, 1.82) is 0 Å². The number of fused-ring (bicyclic) bond motifs is 1. The number of carbonyl (C=O) groups is 1. The average molecular weight is 295 g/mol. The fourth-order valence-electron chi connectivity index (χ4n) is 4.57. The Hall–Kier alpha value is -0.610. The number of nitrogens with zero attached hydrogens (tertiary/aromatic N) is 1. The number of hydrogen-bond donors (Lipinski definition) is 0. The summed E-state index contributed by atoms with van der Waals surface area (Å²) in [5.74, 6) is 0.670. The number of methoxy groups -OCH3 is 1. The topological polar surface area (TPSA) is 38.8 Å². The predicted molar refractivity (Wildman–Crippen MR) is 81.1 cm³/mol. The van der Waals surface area contributed by atoms with Crippen molar-refractivity contribution in [2.24, 2.45) is 5.92 Å². The fourth-order valence-corrected chi connectivity index (χ4v) is 4.57. The molecule has 4 heteroatoms. The van der Waals surface area contributed by atoms with Crippen LogP contribution in [-0.4, -0.2) is 49.3 Å². The van der Waals surface area contributed by atoms with E-state index in [0.29, 0.717) is 18.1 Å². The second kappa shape index (κ2) is 7.10. The second-order valence-corrected chi connectivity index (χ2v) is 6.90. The summed E-state index contributed by atoms with van der Waals surface area (Å²) in [5, 5.41) is 0. The van der Waals surface area contributed by atoms with Crippen LogP contribution in [0.25, 0.3) is 0 Å². The van der Waals surface area contributed by atoms with E-state index in [1.54, 1.807) is 0 Å². The normalized spacial score (nSPS) is 37.2. The summed E-state index contributed by atoms with van der Waals surface area (Å²) in [5.41, 5.74) is 0. The van der Waals surface area contributed by atoms with E-state index < -0.39 is 0 Å². The SMILES string of the molecule is COC(=O)[C@@H]1C[C@@H]2CCCC[C@H]2N1CC[C@@H]1CCCCO1. The number of esters is 1. The molecule has 3 aliphatic rings. The number of hydrogen-bond acceptors (Lipinski definition) is 4. The molecule has 4 nitrogen and oxygen atoms in total. The molecule has 3 fully saturated rings. The fraction of sp³-hybridized carbons (Fsp3) is 0.941. The van der Waals surface area contributed by atoms with Crippen molar-refractivity contribution in [1.82, 2.24) is 4.90 Å². The first kappa shape index (κ1) is 15.3. The molecule has 0 aromatic rings. The molecule has 2 aliphatic heterocycles. The van der Waals surface area contributed by atoms with Gasteiger partial charge in [-0.15, -0.1) is 0 Å². The summed E-state index contributed by atoms with van der Waals surface area (Å²) in [7, 11) is 1.52. The molecule has 120 valence electrons. The van der Waals surface area contributed by atoms with Gasteiger partial charge < -0.3 is 9.47 Å². The molecule has 0 radical (unpaired) electrons. The second-order valence-electron chi connectivity index (χ2n) is 6.90. The molecule has 0 amide bonds. The third-order valence-electron chi connectivity index (χ3n) is 5.68. The quantitative estimate of drug-likeness (QED) is 0.748. The third kappa shape index (κ3) is 3.42. The molecule has 0 unspecified atom stereocenters. The lowest BCUT2D eigenvalue weighted by molar-refractivity contribution is -0.146. The molecule has 1 aliphatic carbocycles. The van der Waals surface area contributed by atoms with Gasteiger partial charge >= 0.3 is 5.97 Å². The number of carbonyl (C=O) groups excluding carboxylic acids is 1. The zero-order chi connectivity index (χ0) is 14.7. The highest BCUT2D eigenvalue weighted by molar-refractivity contribution is 5.76. The van der Waals surface area contributed by atoms with E-state index in [0.717, 1.165) is 26.0 Å². The van der Waals surface area contributed by atoms with Crippen LogP contribution in [0.15, 0.2) is 0 Å². The van der Waals surface area contributed by atoms with Crippen molar-refractivity contribution in [2.45, 2.75) is 76.0 Å². The molecule has 2 heterocycles. The Morgan fingerprint density at radius 2 is 2.00 bits per heavy atom. The molecule has 2 saturated heterocycles. The van der Waals surface area contributed by atoms with Crippen molar-refractivity contribution >= 4 is 5.97 Å². The minimum Gasteiger partial charge on any atom is -0.468 e. The van der Waals surface area contributed by atoms with E-state index in [-0.39, 0.29) is 12.0 Å². The van der Waals surface area contributed by atoms with Gasteiger partial charge in [0, 0.05) is 19.2 Å². The van der Waals surface area contributed by atoms with E-state index in [1.807, 2.05) is 0 Å². The standard InChI is InChI=1S/C17H29NO3/c1-20-17(19)16-12-13-6-2-3-8-15(13)18(16)10-9-14-7-4-5-11-21-14/h13-16H,2-12H2,1H3/t13-,14-,15+,16-/m0/s1. The molecule has 1 saturated carbocycles. The van der Waals surface area contributed by atoms with E-state index in [1.165, 1.54) is 52.1 Å². The Labute approximate surface area is 128 Å². The molecule has 3 rings (SSSR count). The van der Waals surface area contributed by atoms with Crippen LogP contribution < -0.4 is 0 Å². The maximum atomic E-state index is 12.1. The zero-order valence-corrected chi connectivity index (χ0v) is 13.3. The summed E-state index contributed by atoms with van der Waals surface area (Å²) in [6.07, 6.45) is 11.3. The van der Waals surface area contributed by atoms with Gasteiger partial charge in [0.05, 0.1) is 13.2 Å². The highest BCUT2D eigenvalue weighted by Crippen LogP contribution is 2.40. The highest BCUT2D eigenvalue weighted by Gasteiger charge is 2.45. The van der Waals surface area contributed by atoms with Crippen LogP contribution in [0.3, 0.4) is 0 Å². The Kier molecular flexibility index (Phi) is 5.17. The number of likely N-dealkylation sites (tertiary alicyclic amines) is 1. The molecule has 0 aromatic heterocycles. The average Bonchev–Trinajstić information content (AvgIpc) is 2.92.